The average molecular weight is 145 g/mol. The largest absolute Gasteiger partial charge is 0.327 e. The van der Waals surface area contributed by atoms with Crippen LogP contribution in [0.25, 0.3) is 0 Å². The van der Waals surface area contributed by atoms with E-state index in [-0.39, 0.29) is 6.54 Å². The van der Waals surface area contributed by atoms with Crippen molar-refractivity contribution < 1.29 is 4.39 Å². The Bertz CT molecular complexity index is 126. The van der Waals surface area contributed by atoms with Gasteiger partial charge in [0, 0.05) is 12.0 Å². The van der Waals surface area contributed by atoms with Gasteiger partial charge in [-0.05, 0) is 0 Å². The number of hydrogen-bond acceptors (Lipinski definition) is 1. The van der Waals surface area contributed by atoms with Crippen molar-refractivity contribution in [1.82, 2.24) is 0 Å². The van der Waals surface area contributed by atoms with Crippen molar-refractivity contribution in [2.45, 2.75) is 26.4 Å². The first-order valence-corrected chi connectivity index (χ1v) is 3.40. The van der Waals surface area contributed by atoms with Gasteiger partial charge in [0.1, 0.15) is 5.67 Å². The topological polar surface area (TPSA) is 26.0 Å². The van der Waals surface area contributed by atoms with Crippen LogP contribution in [0.1, 0.15) is 20.8 Å². The van der Waals surface area contributed by atoms with Crippen LogP contribution in [-0.4, -0.2) is 12.2 Å². The average Bonchev–Trinajstić information content (AvgIpc) is 1.84. The van der Waals surface area contributed by atoms with Gasteiger partial charge in [-0.3, -0.25) is 0 Å². The molecule has 2 N–H and O–H groups in total. The van der Waals surface area contributed by atoms with Crippen LogP contribution in [0.2, 0.25) is 0 Å². The van der Waals surface area contributed by atoms with E-state index in [9.17, 15) is 4.39 Å². The predicted molar refractivity (Wildman–Crippen MR) is 42.5 cm³/mol. The van der Waals surface area contributed by atoms with Crippen molar-refractivity contribution in [1.29, 1.82) is 0 Å². The van der Waals surface area contributed by atoms with E-state index >= 15 is 0 Å². The molecule has 0 aromatic rings. The van der Waals surface area contributed by atoms with Crippen LogP contribution in [0.4, 0.5) is 4.39 Å². The second-order valence-corrected chi connectivity index (χ2v) is 3.52. The number of nitrogens with two attached hydrogens (primary N) is 1. The van der Waals surface area contributed by atoms with Gasteiger partial charge in [0.15, 0.2) is 0 Å². The number of hydrogen-bond donors (Lipinski definition) is 1. The molecule has 0 aromatic heterocycles. The maximum absolute atomic E-state index is 13.5. The van der Waals surface area contributed by atoms with Gasteiger partial charge in [0.25, 0.3) is 0 Å². The van der Waals surface area contributed by atoms with Gasteiger partial charge in [-0.25, -0.2) is 4.39 Å². The normalized spacial score (nSPS) is 18.1. The highest BCUT2D eigenvalue weighted by molar-refractivity contribution is 5.04. The Labute approximate surface area is 62.1 Å². The van der Waals surface area contributed by atoms with Crippen LogP contribution in [0.3, 0.4) is 0 Å². The molecule has 0 amide bonds. The van der Waals surface area contributed by atoms with Crippen molar-refractivity contribution in [3.8, 4) is 0 Å². The maximum atomic E-state index is 13.5. The van der Waals surface area contributed by atoms with Crippen LogP contribution >= 0.6 is 0 Å². The molecule has 1 nitrogen and oxygen atoms in total. The number of alkyl halides is 1. The fraction of sp³-hybridized carbons (Fsp3) is 0.750. The third-order valence-corrected chi connectivity index (χ3v) is 1.87. The summed E-state index contributed by atoms with van der Waals surface area (Å²) >= 11 is 0. The summed E-state index contributed by atoms with van der Waals surface area (Å²) in [4.78, 5) is 0. The molecule has 1 atom stereocenters. The summed E-state index contributed by atoms with van der Waals surface area (Å²) in [5, 5.41) is 0. The first kappa shape index (κ1) is 9.63. The molecule has 0 aliphatic carbocycles. The monoisotopic (exact) mass is 145 g/mol. The molecule has 0 saturated carbocycles. The fourth-order valence-electron chi connectivity index (χ4n) is 0.696. The summed E-state index contributed by atoms with van der Waals surface area (Å²) < 4.78 is 13.5. The van der Waals surface area contributed by atoms with E-state index in [2.05, 4.69) is 6.58 Å². The lowest BCUT2D eigenvalue weighted by Gasteiger charge is -2.33. The first-order chi connectivity index (χ1) is 4.37. The van der Waals surface area contributed by atoms with Crippen LogP contribution < -0.4 is 5.73 Å². The molecule has 0 spiro atoms. The summed E-state index contributed by atoms with van der Waals surface area (Å²) in [6, 6.07) is 0. The lowest BCUT2D eigenvalue weighted by Crippen LogP contribution is -2.43. The molecule has 0 fully saturated rings. The summed E-state index contributed by atoms with van der Waals surface area (Å²) in [5.41, 5.74) is 3.37. The van der Waals surface area contributed by atoms with Gasteiger partial charge >= 0.3 is 0 Å². The van der Waals surface area contributed by atoms with Gasteiger partial charge in [-0.2, -0.15) is 0 Å². The van der Waals surface area contributed by atoms with Crippen molar-refractivity contribution in [3.63, 3.8) is 0 Å². The van der Waals surface area contributed by atoms with Gasteiger partial charge in [0.05, 0.1) is 0 Å². The molecular weight excluding hydrogens is 129 g/mol. The molecule has 0 aromatic carbocycles. The van der Waals surface area contributed by atoms with Crippen LogP contribution in [0.5, 0.6) is 0 Å². The highest BCUT2D eigenvalue weighted by Gasteiger charge is 2.37. The van der Waals surface area contributed by atoms with Crippen LogP contribution in [0.15, 0.2) is 12.7 Å². The molecule has 0 radical (unpaired) electrons. The van der Waals surface area contributed by atoms with E-state index in [1.165, 1.54) is 6.08 Å². The van der Waals surface area contributed by atoms with Gasteiger partial charge in [-0.1, -0.05) is 33.4 Å². The van der Waals surface area contributed by atoms with E-state index < -0.39 is 11.1 Å². The molecule has 0 aliphatic rings. The zero-order valence-corrected chi connectivity index (χ0v) is 6.95. The summed E-state index contributed by atoms with van der Waals surface area (Å²) in [7, 11) is 0. The molecule has 1 unspecified atom stereocenters. The van der Waals surface area contributed by atoms with Gasteiger partial charge in [0.2, 0.25) is 0 Å². The Morgan fingerprint density at radius 1 is 1.50 bits per heavy atom. The molecule has 0 bridgehead atoms. The smallest absolute Gasteiger partial charge is 0.145 e. The minimum absolute atomic E-state index is 0. The molecule has 0 heterocycles. The lowest BCUT2D eigenvalue weighted by molar-refractivity contribution is 0.0884. The minimum atomic E-state index is -1.44. The molecule has 0 rings (SSSR count). The van der Waals surface area contributed by atoms with E-state index in [0.29, 0.717) is 0 Å². The van der Waals surface area contributed by atoms with Crippen molar-refractivity contribution >= 4 is 0 Å². The SMILES string of the molecule is C=CC(F)(CN)C(C)(C)C. The highest BCUT2D eigenvalue weighted by Crippen LogP contribution is 2.33. The van der Waals surface area contributed by atoms with E-state index in [1.807, 2.05) is 20.8 Å². The molecule has 0 saturated heterocycles. The summed E-state index contributed by atoms with van der Waals surface area (Å²) in [5.74, 6) is 0. The third-order valence-electron chi connectivity index (χ3n) is 1.87. The molecule has 2 heteroatoms. The van der Waals surface area contributed by atoms with Crippen molar-refractivity contribution in [3.05, 3.63) is 12.7 Å². The number of halogens is 1. The van der Waals surface area contributed by atoms with Crippen LogP contribution in [0, 0.1) is 5.41 Å². The molecule has 0 aliphatic heterocycles. The quantitative estimate of drug-likeness (QED) is 0.590. The molecule has 10 heavy (non-hydrogen) atoms. The summed E-state index contributed by atoms with van der Waals surface area (Å²) in [6.07, 6.45) is 1.28. The van der Waals surface area contributed by atoms with Crippen molar-refractivity contribution in [2.24, 2.45) is 11.1 Å². The Balaban J connectivity index is 4.48. The van der Waals surface area contributed by atoms with E-state index in [4.69, 9.17) is 5.73 Å². The fourth-order valence-corrected chi connectivity index (χ4v) is 0.696. The minimum Gasteiger partial charge on any atom is -0.327 e. The highest BCUT2D eigenvalue weighted by atomic mass is 19.1. The second kappa shape index (κ2) is 2.70. The second-order valence-electron chi connectivity index (χ2n) is 3.52. The third kappa shape index (κ3) is 1.57. The van der Waals surface area contributed by atoms with Crippen LogP contribution in [-0.2, 0) is 0 Å². The van der Waals surface area contributed by atoms with Crippen molar-refractivity contribution in [2.75, 3.05) is 6.54 Å². The standard InChI is InChI=1S/C8H16FN/c1-5-8(9,6-10)7(2,3)4/h5H,1,6,10H2,2-4H3. The van der Waals surface area contributed by atoms with Gasteiger partial charge < -0.3 is 5.73 Å². The molecule has 60 valence electrons. The van der Waals surface area contributed by atoms with E-state index in [0.717, 1.165) is 0 Å². The van der Waals surface area contributed by atoms with E-state index in [1.54, 1.807) is 0 Å². The van der Waals surface area contributed by atoms with Gasteiger partial charge in [-0.15, -0.1) is 0 Å². The Hall–Kier alpha value is -0.370. The first-order valence-electron chi connectivity index (χ1n) is 3.40. The lowest BCUT2D eigenvalue weighted by atomic mass is 9.78. The Morgan fingerprint density at radius 3 is 1.90 bits per heavy atom. The Kier molecular flexibility index (Phi) is 2.60. The zero-order valence-electron chi connectivity index (χ0n) is 6.95. The summed E-state index contributed by atoms with van der Waals surface area (Å²) in [6.45, 7) is 8.84. The predicted octanol–water partition coefficient (Wildman–Crippen LogP) is 1.89. The maximum Gasteiger partial charge on any atom is 0.145 e. The Morgan fingerprint density at radius 2 is 1.90 bits per heavy atom. The molecular formula is C8H16FN. The zero-order chi connectivity index (χ0) is 8.41. The number of rotatable bonds is 2.